The molecule has 0 aromatic heterocycles. The molecule has 0 saturated carbocycles. The lowest BCUT2D eigenvalue weighted by Gasteiger charge is -2.38. The molecule has 0 bridgehead atoms. The van der Waals surface area contributed by atoms with Gasteiger partial charge in [0.05, 0.1) is 6.61 Å². The Kier molecular flexibility index (Phi) is 4.51. The van der Waals surface area contributed by atoms with E-state index in [1.807, 2.05) is 0 Å². The van der Waals surface area contributed by atoms with Crippen LogP contribution in [0.1, 0.15) is 43.9 Å². The Hall–Kier alpha value is -1.06. The van der Waals surface area contributed by atoms with Crippen molar-refractivity contribution in [2.24, 2.45) is 17.6 Å². The highest BCUT2D eigenvalue weighted by Crippen LogP contribution is 2.37. The van der Waals surface area contributed by atoms with Crippen molar-refractivity contribution in [3.63, 3.8) is 0 Å². The monoisotopic (exact) mass is 288 g/mol. The molecule has 1 fully saturated rings. The number of likely N-dealkylation sites (tertiary alicyclic amines) is 1. The van der Waals surface area contributed by atoms with Crippen LogP contribution >= 0.6 is 0 Å². The molecule has 3 rings (SSSR count). The lowest BCUT2D eigenvalue weighted by atomic mass is 9.88. The number of piperidine rings is 1. The molecular weight excluding hydrogens is 260 g/mol. The molecule has 2 aliphatic heterocycles. The summed E-state index contributed by atoms with van der Waals surface area (Å²) >= 11 is 0. The molecule has 0 spiro atoms. The number of nitrogens with zero attached hydrogens (tertiary/aromatic N) is 1. The summed E-state index contributed by atoms with van der Waals surface area (Å²) < 4.78 is 6.09. The van der Waals surface area contributed by atoms with E-state index in [4.69, 9.17) is 10.5 Å². The van der Waals surface area contributed by atoms with Crippen LogP contribution in [0.5, 0.6) is 5.75 Å². The molecule has 3 unspecified atom stereocenters. The highest BCUT2D eigenvalue weighted by atomic mass is 16.5. The van der Waals surface area contributed by atoms with E-state index in [-0.39, 0.29) is 6.04 Å². The molecule has 3 atom stereocenters. The number of hydrogen-bond donors (Lipinski definition) is 1. The minimum atomic E-state index is 0.109. The maximum atomic E-state index is 6.56. The van der Waals surface area contributed by atoms with Crippen molar-refractivity contribution < 1.29 is 4.74 Å². The number of hydrogen-bond acceptors (Lipinski definition) is 3. The predicted octanol–water partition coefficient (Wildman–Crippen LogP) is 2.99. The third-order valence-corrected chi connectivity index (χ3v) is 5.05. The molecule has 1 saturated heterocycles. The molecule has 21 heavy (non-hydrogen) atoms. The highest BCUT2D eigenvalue weighted by molar-refractivity contribution is 5.45. The van der Waals surface area contributed by atoms with Crippen molar-refractivity contribution >= 4 is 0 Å². The Morgan fingerprint density at radius 1 is 1.38 bits per heavy atom. The number of para-hydroxylation sites is 1. The summed E-state index contributed by atoms with van der Waals surface area (Å²) in [5.41, 5.74) is 9.05. The summed E-state index contributed by atoms with van der Waals surface area (Å²) in [6, 6.07) is 6.52. The Morgan fingerprint density at radius 2 is 2.24 bits per heavy atom. The average molecular weight is 288 g/mol. The Labute approximate surface area is 128 Å². The van der Waals surface area contributed by atoms with Crippen LogP contribution in [0.4, 0.5) is 0 Å². The van der Waals surface area contributed by atoms with Crippen LogP contribution in [-0.4, -0.2) is 31.1 Å². The van der Waals surface area contributed by atoms with Crippen molar-refractivity contribution in [2.75, 3.05) is 26.2 Å². The van der Waals surface area contributed by atoms with Gasteiger partial charge < -0.3 is 15.4 Å². The summed E-state index contributed by atoms with van der Waals surface area (Å²) in [6.45, 7) is 8.79. The van der Waals surface area contributed by atoms with Crippen molar-refractivity contribution in [1.29, 1.82) is 0 Å². The van der Waals surface area contributed by atoms with E-state index in [9.17, 15) is 0 Å². The maximum absolute atomic E-state index is 6.56. The third-order valence-electron chi connectivity index (χ3n) is 5.05. The summed E-state index contributed by atoms with van der Waals surface area (Å²) in [5.74, 6) is 2.28. The van der Waals surface area contributed by atoms with Gasteiger partial charge in [-0.2, -0.15) is 0 Å². The predicted molar refractivity (Wildman–Crippen MR) is 86.6 cm³/mol. The molecule has 3 nitrogen and oxygen atoms in total. The largest absolute Gasteiger partial charge is 0.493 e. The summed E-state index contributed by atoms with van der Waals surface area (Å²) in [6.07, 6.45) is 3.69. The van der Waals surface area contributed by atoms with Crippen molar-refractivity contribution in [2.45, 2.75) is 39.2 Å². The summed E-state index contributed by atoms with van der Waals surface area (Å²) in [5, 5.41) is 0. The van der Waals surface area contributed by atoms with Crippen molar-refractivity contribution in [3.05, 3.63) is 29.3 Å². The molecule has 116 valence electrons. The smallest absolute Gasteiger partial charge is 0.127 e. The fourth-order valence-corrected chi connectivity index (χ4v) is 3.82. The Morgan fingerprint density at radius 3 is 3.00 bits per heavy atom. The number of fused-ring (bicyclic) bond motifs is 1. The van der Waals surface area contributed by atoms with Crippen molar-refractivity contribution in [3.8, 4) is 5.75 Å². The second kappa shape index (κ2) is 6.37. The van der Waals surface area contributed by atoms with Crippen LogP contribution in [0.2, 0.25) is 0 Å². The number of nitrogens with two attached hydrogens (primary N) is 1. The Balaban J connectivity index is 1.72. The van der Waals surface area contributed by atoms with Gasteiger partial charge in [0.15, 0.2) is 0 Å². The van der Waals surface area contributed by atoms with Gasteiger partial charge >= 0.3 is 0 Å². The third kappa shape index (κ3) is 3.09. The normalized spacial score (nSPS) is 29.8. The van der Waals surface area contributed by atoms with Gasteiger partial charge in [-0.25, -0.2) is 0 Å². The molecule has 1 aromatic carbocycles. The standard InChI is InChI=1S/C18H28N2O/c1-3-14-7-4-8-16-17(19)15(12-21-18(14)16)11-20-9-5-6-13(2)10-20/h4,7-8,13,15,17H,3,5-6,9-12,19H2,1-2H3. The molecule has 2 aliphatic rings. The van der Waals surface area contributed by atoms with Crippen LogP contribution in [0.25, 0.3) is 0 Å². The van der Waals surface area contributed by atoms with E-state index in [1.54, 1.807) is 0 Å². The molecule has 0 radical (unpaired) electrons. The highest BCUT2D eigenvalue weighted by Gasteiger charge is 2.31. The van der Waals surface area contributed by atoms with Crippen LogP contribution in [0.3, 0.4) is 0 Å². The molecule has 0 amide bonds. The zero-order valence-electron chi connectivity index (χ0n) is 13.3. The molecule has 1 aromatic rings. The zero-order valence-corrected chi connectivity index (χ0v) is 13.3. The first-order chi connectivity index (χ1) is 10.2. The lowest BCUT2D eigenvalue weighted by Crippen LogP contribution is -2.43. The summed E-state index contributed by atoms with van der Waals surface area (Å²) in [4.78, 5) is 2.58. The fourth-order valence-electron chi connectivity index (χ4n) is 3.82. The first-order valence-electron chi connectivity index (χ1n) is 8.41. The van der Waals surface area contributed by atoms with Gasteiger partial charge in [-0.3, -0.25) is 0 Å². The van der Waals surface area contributed by atoms with Crippen LogP contribution in [0, 0.1) is 11.8 Å². The number of aryl methyl sites for hydroxylation is 1. The second-order valence-electron chi connectivity index (χ2n) is 6.79. The molecule has 2 N–H and O–H groups in total. The van der Waals surface area contributed by atoms with Gasteiger partial charge in [0, 0.05) is 30.6 Å². The SMILES string of the molecule is CCc1cccc2c1OCC(CN1CCCC(C)C1)C2N. The number of rotatable bonds is 3. The second-order valence-corrected chi connectivity index (χ2v) is 6.79. The molecule has 3 heteroatoms. The number of ether oxygens (including phenoxy) is 1. The van der Waals surface area contributed by atoms with E-state index in [1.165, 1.54) is 37.1 Å². The topological polar surface area (TPSA) is 38.5 Å². The average Bonchev–Trinajstić information content (AvgIpc) is 2.50. The summed E-state index contributed by atoms with van der Waals surface area (Å²) in [7, 11) is 0. The van der Waals surface area contributed by atoms with E-state index >= 15 is 0 Å². The fraction of sp³-hybridized carbons (Fsp3) is 0.667. The van der Waals surface area contributed by atoms with Gasteiger partial charge in [-0.1, -0.05) is 32.0 Å². The maximum Gasteiger partial charge on any atom is 0.127 e. The van der Waals surface area contributed by atoms with Gasteiger partial charge in [-0.15, -0.1) is 0 Å². The van der Waals surface area contributed by atoms with Gasteiger partial charge in [0.2, 0.25) is 0 Å². The lowest BCUT2D eigenvalue weighted by molar-refractivity contribution is 0.109. The van der Waals surface area contributed by atoms with Gasteiger partial charge in [0.25, 0.3) is 0 Å². The van der Waals surface area contributed by atoms with Crippen molar-refractivity contribution in [1.82, 2.24) is 4.90 Å². The van der Waals surface area contributed by atoms with Crippen LogP contribution < -0.4 is 10.5 Å². The van der Waals surface area contributed by atoms with Crippen LogP contribution in [0.15, 0.2) is 18.2 Å². The molecular formula is C18H28N2O. The first-order valence-corrected chi connectivity index (χ1v) is 8.41. The van der Waals surface area contributed by atoms with E-state index in [2.05, 4.69) is 36.9 Å². The zero-order chi connectivity index (χ0) is 14.8. The van der Waals surface area contributed by atoms with E-state index < -0.39 is 0 Å². The van der Waals surface area contributed by atoms with Gasteiger partial charge in [0.1, 0.15) is 5.75 Å². The minimum Gasteiger partial charge on any atom is -0.493 e. The quantitative estimate of drug-likeness (QED) is 0.929. The van der Waals surface area contributed by atoms with Crippen LogP contribution in [-0.2, 0) is 6.42 Å². The van der Waals surface area contributed by atoms with Gasteiger partial charge in [-0.05, 0) is 37.3 Å². The Bertz CT molecular complexity index is 488. The first kappa shape index (κ1) is 14.9. The molecule has 0 aliphatic carbocycles. The number of benzene rings is 1. The minimum absolute atomic E-state index is 0.109. The molecule has 2 heterocycles. The van der Waals surface area contributed by atoms with E-state index in [0.29, 0.717) is 5.92 Å². The van der Waals surface area contributed by atoms with E-state index in [0.717, 1.165) is 31.2 Å².